The molecule has 3 aromatic carbocycles. The summed E-state index contributed by atoms with van der Waals surface area (Å²) in [7, 11) is 0. The molecule has 1 heterocycles. The van der Waals surface area contributed by atoms with Crippen LogP contribution in [0.2, 0.25) is 15.1 Å². The van der Waals surface area contributed by atoms with E-state index in [0.717, 1.165) is 11.3 Å². The van der Waals surface area contributed by atoms with Crippen molar-refractivity contribution < 1.29 is 13.9 Å². The van der Waals surface area contributed by atoms with E-state index in [2.05, 4.69) is 10.3 Å². The fourth-order valence-electron chi connectivity index (χ4n) is 3.09. The smallest absolute Gasteiger partial charge is 0.256 e. The molecule has 0 bridgehead atoms. The molecule has 4 aromatic rings. The van der Waals surface area contributed by atoms with Crippen molar-refractivity contribution in [3.8, 4) is 28.5 Å². The second-order valence-electron chi connectivity index (χ2n) is 6.73. The van der Waals surface area contributed by atoms with Crippen LogP contribution >= 0.6 is 34.8 Å². The summed E-state index contributed by atoms with van der Waals surface area (Å²) in [4.78, 5) is 17.4. The van der Waals surface area contributed by atoms with E-state index in [4.69, 9.17) is 44.0 Å². The number of nitrogens with one attached hydrogen (secondary N) is 1. The topological polar surface area (TPSA) is 64.4 Å². The van der Waals surface area contributed by atoms with Gasteiger partial charge in [-0.2, -0.15) is 0 Å². The molecule has 0 atom stereocenters. The number of rotatable bonds is 6. The number of anilines is 1. The van der Waals surface area contributed by atoms with Gasteiger partial charge < -0.3 is 14.5 Å². The first-order valence-electron chi connectivity index (χ1n) is 9.70. The molecule has 1 aromatic heterocycles. The van der Waals surface area contributed by atoms with Crippen molar-refractivity contribution in [3.05, 3.63) is 87.5 Å². The second kappa shape index (κ2) is 9.65. The molecule has 0 saturated heterocycles. The fourth-order valence-corrected chi connectivity index (χ4v) is 3.68. The normalized spacial score (nSPS) is 10.8. The molecule has 0 aliphatic carbocycles. The van der Waals surface area contributed by atoms with Crippen LogP contribution in [0.15, 0.2) is 71.3 Å². The van der Waals surface area contributed by atoms with E-state index >= 15 is 0 Å². The summed E-state index contributed by atoms with van der Waals surface area (Å²) < 4.78 is 11.4. The number of oxazole rings is 1. The van der Waals surface area contributed by atoms with Crippen molar-refractivity contribution in [1.82, 2.24) is 4.98 Å². The van der Waals surface area contributed by atoms with Gasteiger partial charge in [0.25, 0.3) is 5.91 Å². The number of carbonyl (C=O) groups is 1. The van der Waals surface area contributed by atoms with Crippen LogP contribution < -0.4 is 10.1 Å². The van der Waals surface area contributed by atoms with Gasteiger partial charge in [0.1, 0.15) is 5.75 Å². The van der Waals surface area contributed by atoms with Crippen LogP contribution in [0.25, 0.3) is 22.8 Å². The molecule has 0 spiro atoms. The first-order valence-corrected chi connectivity index (χ1v) is 10.8. The summed E-state index contributed by atoms with van der Waals surface area (Å²) in [6, 6.07) is 17.5. The Morgan fingerprint density at radius 1 is 1.00 bits per heavy atom. The SMILES string of the molecule is CCOc1ccc(-c2cnc(-c3ccccc3C(=O)Nc3cc(Cl)c(Cl)cc3Cl)o2)cc1. The maximum atomic E-state index is 13.0. The minimum absolute atomic E-state index is 0.277. The standard InChI is InChI=1S/C24H17Cl3N2O3/c1-2-31-15-9-7-14(8-10-15)22-13-28-24(32-22)17-6-4-3-5-16(17)23(30)29-21-12-19(26)18(25)11-20(21)27/h3-13H,2H2,1H3,(H,29,30). The summed E-state index contributed by atoms with van der Waals surface area (Å²) in [5, 5.41) is 3.63. The van der Waals surface area contributed by atoms with Crippen LogP contribution in [-0.2, 0) is 0 Å². The van der Waals surface area contributed by atoms with Gasteiger partial charge in [-0.3, -0.25) is 4.79 Å². The van der Waals surface area contributed by atoms with Crippen LogP contribution in [0.4, 0.5) is 5.69 Å². The molecule has 0 fully saturated rings. The zero-order chi connectivity index (χ0) is 22.7. The third-order valence-corrected chi connectivity index (χ3v) is 5.65. The predicted octanol–water partition coefficient (Wildman–Crippen LogP) is 7.62. The Kier molecular flexibility index (Phi) is 6.70. The van der Waals surface area contributed by atoms with E-state index < -0.39 is 0 Å². The highest BCUT2D eigenvalue weighted by Gasteiger charge is 2.18. The average molecular weight is 488 g/mol. The van der Waals surface area contributed by atoms with Crippen molar-refractivity contribution in [2.75, 3.05) is 11.9 Å². The van der Waals surface area contributed by atoms with Crippen molar-refractivity contribution in [3.63, 3.8) is 0 Å². The zero-order valence-corrected chi connectivity index (χ0v) is 19.1. The summed E-state index contributed by atoms with van der Waals surface area (Å²) in [5.41, 5.74) is 2.10. The number of nitrogens with zero attached hydrogens (tertiary/aromatic N) is 1. The van der Waals surface area contributed by atoms with Gasteiger partial charge in [-0.1, -0.05) is 46.9 Å². The van der Waals surface area contributed by atoms with E-state index in [1.54, 1.807) is 30.5 Å². The number of hydrogen-bond acceptors (Lipinski definition) is 4. The van der Waals surface area contributed by atoms with Gasteiger partial charge in [-0.15, -0.1) is 0 Å². The minimum atomic E-state index is -0.387. The molecule has 5 nitrogen and oxygen atoms in total. The number of amides is 1. The first kappa shape index (κ1) is 22.2. The number of aromatic nitrogens is 1. The van der Waals surface area contributed by atoms with Crippen LogP contribution in [-0.4, -0.2) is 17.5 Å². The highest BCUT2D eigenvalue weighted by Crippen LogP contribution is 2.34. The average Bonchev–Trinajstić information content (AvgIpc) is 3.28. The van der Waals surface area contributed by atoms with E-state index in [9.17, 15) is 4.79 Å². The van der Waals surface area contributed by atoms with Crippen LogP contribution in [0, 0.1) is 0 Å². The Morgan fingerprint density at radius 3 is 2.47 bits per heavy atom. The van der Waals surface area contributed by atoms with E-state index in [0.29, 0.717) is 40.1 Å². The summed E-state index contributed by atoms with van der Waals surface area (Å²) in [6.45, 7) is 2.53. The summed E-state index contributed by atoms with van der Waals surface area (Å²) >= 11 is 18.2. The van der Waals surface area contributed by atoms with Gasteiger partial charge in [-0.25, -0.2) is 4.98 Å². The lowest BCUT2D eigenvalue weighted by atomic mass is 10.1. The van der Waals surface area contributed by atoms with E-state index in [1.807, 2.05) is 31.2 Å². The molecule has 0 saturated carbocycles. The third-order valence-electron chi connectivity index (χ3n) is 4.62. The number of ether oxygens (including phenoxy) is 1. The van der Waals surface area contributed by atoms with Gasteiger partial charge in [0, 0.05) is 11.1 Å². The van der Waals surface area contributed by atoms with E-state index in [-0.39, 0.29) is 16.0 Å². The Balaban J connectivity index is 1.61. The lowest BCUT2D eigenvalue weighted by Gasteiger charge is -2.10. The van der Waals surface area contributed by atoms with Crippen LogP contribution in [0.3, 0.4) is 0 Å². The molecular weight excluding hydrogens is 471 g/mol. The molecular formula is C24H17Cl3N2O3. The first-order chi connectivity index (χ1) is 15.5. The number of carbonyl (C=O) groups excluding carboxylic acids is 1. The van der Waals surface area contributed by atoms with E-state index in [1.165, 1.54) is 12.1 Å². The van der Waals surface area contributed by atoms with Crippen molar-refractivity contribution >= 4 is 46.4 Å². The van der Waals surface area contributed by atoms with Crippen molar-refractivity contribution in [2.45, 2.75) is 6.92 Å². The predicted molar refractivity (Wildman–Crippen MR) is 128 cm³/mol. The zero-order valence-electron chi connectivity index (χ0n) is 16.9. The third kappa shape index (κ3) is 4.75. The Morgan fingerprint density at radius 2 is 1.72 bits per heavy atom. The second-order valence-corrected chi connectivity index (χ2v) is 7.95. The quantitative estimate of drug-likeness (QED) is 0.284. The largest absolute Gasteiger partial charge is 0.494 e. The van der Waals surface area contributed by atoms with Gasteiger partial charge in [0.05, 0.1) is 39.1 Å². The molecule has 4 rings (SSSR count). The molecule has 162 valence electrons. The highest BCUT2D eigenvalue weighted by molar-refractivity contribution is 6.44. The maximum Gasteiger partial charge on any atom is 0.256 e. The summed E-state index contributed by atoms with van der Waals surface area (Å²) in [6.07, 6.45) is 1.62. The molecule has 1 amide bonds. The molecule has 0 unspecified atom stereocenters. The van der Waals surface area contributed by atoms with Crippen LogP contribution in [0.5, 0.6) is 5.75 Å². The van der Waals surface area contributed by atoms with Gasteiger partial charge in [-0.05, 0) is 55.5 Å². The number of benzene rings is 3. The van der Waals surface area contributed by atoms with Crippen LogP contribution in [0.1, 0.15) is 17.3 Å². The monoisotopic (exact) mass is 486 g/mol. The minimum Gasteiger partial charge on any atom is -0.494 e. The molecule has 0 aliphatic rings. The van der Waals surface area contributed by atoms with Crippen molar-refractivity contribution in [2.24, 2.45) is 0 Å². The van der Waals surface area contributed by atoms with Gasteiger partial charge >= 0.3 is 0 Å². The fraction of sp³-hybridized carbons (Fsp3) is 0.0833. The number of hydrogen-bond donors (Lipinski definition) is 1. The molecule has 8 heteroatoms. The molecule has 32 heavy (non-hydrogen) atoms. The maximum absolute atomic E-state index is 13.0. The lowest BCUT2D eigenvalue weighted by Crippen LogP contribution is -2.13. The van der Waals surface area contributed by atoms with Crippen molar-refractivity contribution in [1.29, 1.82) is 0 Å². The molecule has 0 radical (unpaired) electrons. The van der Waals surface area contributed by atoms with Gasteiger partial charge in [0.2, 0.25) is 5.89 Å². The Bertz CT molecular complexity index is 1270. The Labute approximate surface area is 199 Å². The molecule has 1 N–H and O–H groups in total. The molecule has 0 aliphatic heterocycles. The van der Waals surface area contributed by atoms with Gasteiger partial charge in [0.15, 0.2) is 5.76 Å². The summed E-state index contributed by atoms with van der Waals surface area (Å²) in [5.74, 6) is 1.28. The lowest BCUT2D eigenvalue weighted by molar-refractivity contribution is 0.102. The number of halogens is 3. The highest BCUT2D eigenvalue weighted by atomic mass is 35.5. The Hall–Kier alpha value is -2.99.